The molecule has 0 saturated carbocycles. The number of piperidine rings is 1. The first-order valence-electron chi connectivity index (χ1n) is 7.51. The summed E-state index contributed by atoms with van der Waals surface area (Å²) >= 11 is 0. The molecule has 2 aromatic rings. The van der Waals surface area contributed by atoms with E-state index in [0.717, 1.165) is 31.4 Å². The monoisotopic (exact) mass is 302 g/mol. The van der Waals surface area contributed by atoms with E-state index in [4.69, 9.17) is 5.73 Å². The third kappa shape index (κ3) is 2.87. The Morgan fingerprint density at radius 1 is 1.36 bits per heavy atom. The summed E-state index contributed by atoms with van der Waals surface area (Å²) in [6, 6.07) is 7.84. The average Bonchev–Trinajstić information content (AvgIpc) is 3.05. The molecule has 1 saturated heterocycles. The molecule has 0 unspecified atom stereocenters. The Bertz CT molecular complexity index is 652. The van der Waals surface area contributed by atoms with E-state index >= 15 is 0 Å². The summed E-state index contributed by atoms with van der Waals surface area (Å²) in [5.74, 6) is -0.370. The standard InChI is InChI=1S/C16H19FN4O/c17-12-6-4-11(5-7-12)14-9-15(20-19-14)16(22)21-8-2-1-3-13(21)10-18/h4-7,9,13H,1-3,8,10,18H2,(H,19,20)/t13-/m0/s1. The maximum absolute atomic E-state index is 13.0. The minimum absolute atomic E-state index is 0.0731. The van der Waals surface area contributed by atoms with E-state index in [9.17, 15) is 9.18 Å². The smallest absolute Gasteiger partial charge is 0.272 e. The van der Waals surface area contributed by atoms with Gasteiger partial charge in [-0.1, -0.05) is 0 Å². The molecule has 3 rings (SSSR count). The molecule has 3 N–H and O–H groups in total. The van der Waals surface area contributed by atoms with Crippen LogP contribution in [0.2, 0.25) is 0 Å². The van der Waals surface area contributed by atoms with Gasteiger partial charge in [0, 0.05) is 24.7 Å². The highest BCUT2D eigenvalue weighted by molar-refractivity contribution is 5.93. The van der Waals surface area contributed by atoms with Crippen LogP contribution in [-0.2, 0) is 0 Å². The highest BCUT2D eigenvalue weighted by Crippen LogP contribution is 2.22. The number of aromatic amines is 1. The highest BCUT2D eigenvalue weighted by atomic mass is 19.1. The molecule has 1 fully saturated rings. The third-order valence-corrected chi connectivity index (χ3v) is 4.11. The Hall–Kier alpha value is -2.21. The normalized spacial score (nSPS) is 18.5. The molecule has 0 radical (unpaired) electrons. The molecular formula is C16H19FN4O. The summed E-state index contributed by atoms with van der Waals surface area (Å²) in [6.45, 7) is 1.20. The Morgan fingerprint density at radius 2 is 2.14 bits per heavy atom. The number of halogens is 1. The SMILES string of the molecule is NC[C@@H]1CCCCN1C(=O)c1cc(-c2ccc(F)cc2)n[nH]1. The van der Waals surface area contributed by atoms with Gasteiger partial charge in [-0.3, -0.25) is 9.89 Å². The predicted octanol–water partition coefficient (Wildman–Crippen LogP) is 2.17. The van der Waals surface area contributed by atoms with Crippen LogP contribution < -0.4 is 5.73 Å². The molecule has 5 nitrogen and oxygen atoms in total. The van der Waals surface area contributed by atoms with Crippen LogP contribution in [0.4, 0.5) is 4.39 Å². The van der Waals surface area contributed by atoms with Gasteiger partial charge in [0.05, 0.1) is 5.69 Å². The van der Waals surface area contributed by atoms with Crippen LogP contribution in [0, 0.1) is 5.82 Å². The lowest BCUT2D eigenvalue weighted by Crippen LogP contribution is -2.47. The number of hydrogen-bond donors (Lipinski definition) is 2. The molecule has 1 aromatic carbocycles. The van der Waals surface area contributed by atoms with Gasteiger partial charge < -0.3 is 10.6 Å². The molecule has 1 aliphatic heterocycles. The largest absolute Gasteiger partial charge is 0.333 e. The van der Waals surface area contributed by atoms with Crippen LogP contribution in [0.3, 0.4) is 0 Å². The molecule has 6 heteroatoms. The number of carbonyl (C=O) groups is 1. The minimum Gasteiger partial charge on any atom is -0.333 e. The summed E-state index contributed by atoms with van der Waals surface area (Å²) in [7, 11) is 0. The Balaban J connectivity index is 1.80. The number of nitrogens with one attached hydrogen (secondary N) is 1. The van der Waals surface area contributed by atoms with Crippen molar-refractivity contribution in [3.8, 4) is 11.3 Å². The second kappa shape index (κ2) is 6.27. The van der Waals surface area contributed by atoms with Gasteiger partial charge in [-0.15, -0.1) is 0 Å². The van der Waals surface area contributed by atoms with Gasteiger partial charge in [0.1, 0.15) is 11.5 Å². The molecule has 2 heterocycles. The quantitative estimate of drug-likeness (QED) is 0.912. The number of nitrogens with zero attached hydrogens (tertiary/aromatic N) is 2. The fourth-order valence-corrected chi connectivity index (χ4v) is 2.87. The number of likely N-dealkylation sites (tertiary alicyclic amines) is 1. The van der Waals surface area contributed by atoms with Crippen LogP contribution in [-0.4, -0.2) is 40.1 Å². The van der Waals surface area contributed by atoms with E-state index in [-0.39, 0.29) is 17.8 Å². The number of benzene rings is 1. The fraction of sp³-hybridized carbons (Fsp3) is 0.375. The number of amides is 1. The molecule has 0 spiro atoms. The molecule has 1 aliphatic rings. The van der Waals surface area contributed by atoms with Crippen molar-refractivity contribution >= 4 is 5.91 Å². The van der Waals surface area contributed by atoms with Gasteiger partial charge in [0.25, 0.3) is 5.91 Å². The van der Waals surface area contributed by atoms with Gasteiger partial charge in [-0.05, 0) is 49.6 Å². The number of aromatic nitrogens is 2. The zero-order chi connectivity index (χ0) is 15.5. The first-order valence-corrected chi connectivity index (χ1v) is 7.51. The summed E-state index contributed by atoms with van der Waals surface area (Å²) in [5, 5.41) is 6.94. The van der Waals surface area contributed by atoms with E-state index in [1.54, 1.807) is 18.2 Å². The first-order chi connectivity index (χ1) is 10.7. The van der Waals surface area contributed by atoms with Crippen molar-refractivity contribution in [1.29, 1.82) is 0 Å². The molecule has 22 heavy (non-hydrogen) atoms. The van der Waals surface area contributed by atoms with Crippen LogP contribution >= 0.6 is 0 Å². The number of nitrogens with two attached hydrogens (primary N) is 1. The third-order valence-electron chi connectivity index (χ3n) is 4.11. The van der Waals surface area contributed by atoms with Crippen molar-refractivity contribution in [2.45, 2.75) is 25.3 Å². The molecule has 1 amide bonds. The Labute approximate surface area is 128 Å². The van der Waals surface area contributed by atoms with E-state index in [1.807, 2.05) is 4.90 Å². The fourth-order valence-electron chi connectivity index (χ4n) is 2.87. The van der Waals surface area contributed by atoms with Crippen LogP contribution in [0.25, 0.3) is 11.3 Å². The van der Waals surface area contributed by atoms with Crippen molar-refractivity contribution in [2.24, 2.45) is 5.73 Å². The van der Waals surface area contributed by atoms with Gasteiger partial charge in [-0.25, -0.2) is 4.39 Å². The van der Waals surface area contributed by atoms with Crippen molar-refractivity contribution < 1.29 is 9.18 Å². The summed E-state index contributed by atoms with van der Waals surface area (Å²) in [4.78, 5) is 14.4. The number of H-pyrrole nitrogens is 1. The molecular weight excluding hydrogens is 283 g/mol. The van der Waals surface area contributed by atoms with E-state index in [2.05, 4.69) is 10.2 Å². The van der Waals surface area contributed by atoms with Crippen molar-refractivity contribution in [2.75, 3.05) is 13.1 Å². The zero-order valence-corrected chi connectivity index (χ0v) is 12.3. The van der Waals surface area contributed by atoms with Gasteiger partial charge >= 0.3 is 0 Å². The van der Waals surface area contributed by atoms with Gasteiger partial charge in [0.15, 0.2) is 0 Å². The molecule has 1 atom stereocenters. The van der Waals surface area contributed by atoms with E-state index in [1.165, 1.54) is 12.1 Å². The first kappa shape index (κ1) is 14.7. The minimum atomic E-state index is -0.297. The Kier molecular flexibility index (Phi) is 4.20. The van der Waals surface area contributed by atoms with Crippen LogP contribution in [0.1, 0.15) is 29.8 Å². The van der Waals surface area contributed by atoms with Gasteiger partial charge in [-0.2, -0.15) is 5.10 Å². The van der Waals surface area contributed by atoms with Crippen molar-refractivity contribution in [3.05, 3.63) is 41.8 Å². The lowest BCUT2D eigenvalue weighted by molar-refractivity contribution is 0.0617. The maximum atomic E-state index is 13.0. The molecule has 0 bridgehead atoms. The predicted molar refractivity (Wildman–Crippen MR) is 81.7 cm³/mol. The summed E-state index contributed by atoms with van der Waals surface area (Å²) in [6.07, 6.45) is 3.05. The molecule has 0 aliphatic carbocycles. The van der Waals surface area contributed by atoms with E-state index < -0.39 is 0 Å². The summed E-state index contributed by atoms with van der Waals surface area (Å²) in [5.41, 5.74) is 7.61. The van der Waals surface area contributed by atoms with Crippen LogP contribution in [0.5, 0.6) is 0 Å². The van der Waals surface area contributed by atoms with Gasteiger partial charge in [0.2, 0.25) is 0 Å². The lowest BCUT2D eigenvalue weighted by Gasteiger charge is -2.34. The van der Waals surface area contributed by atoms with Crippen molar-refractivity contribution in [1.82, 2.24) is 15.1 Å². The van der Waals surface area contributed by atoms with Crippen LogP contribution in [0.15, 0.2) is 30.3 Å². The number of hydrogen-bond acceptors (Lipinski definition) is 3. The maximum Gasteiger partial charge on any atom is 0.272 e. The van der Waals surface area contributed by atoms with E-state index in [0.29, 0.717) is 17.9 Å². The second-order valence-corrected chi connectivity index (χ2v) is 5.56. The molecule has 116 valence electrons. The zero-order valence-electron chi connectivity index (χ0n) is 12.3. The topological polar surface area (TPSA) is 75.0 Å². The number of carbonyl (C=O) groups excluding carboxylic acids is 1. The Morgan fingerprint density at radius 3 is 2.86 bits per heavy atom. The molecule has 1 aromatic heterocycles. The second-order valence-electron chi connectivity index (χ2n) is 5.56. The summed E-state index contributed by atoms with van der Waals surface area (Å²) < 4.78 is 13.0. The lowest BCUT2D eigenvalue weighted by atomic mass is 10.0. The average molecular weight is 302 g/mol. The number of rotatable bonds is 3. The highest BCUT2D eigenvalue weighted by Gasteiger charge is 2.27. The van der Waals surface area contributed by atoms with Crippen molar-refractivity contribution in [3.63, 3.8) is 0 Å².